The first-order chi connectivity index (χ1) is 7.74. The van der Waals surface area contributed by atoms with Crippen molar-refractivity contribution in [3.63, 3.8) is 0 Å². The average molecular weight is 330 g/mol. The summed E-state index contributed by atoms with van der Waals surface area (Å²) in [5, 5.41) is 0. The second kappa shape index (κ2) is 3.73. The molecule has 16 heavy (non-hydrogen) atoms. The molecule has 0 bridgehead atoms. The fourth-order valence-electron chi connectivity index (χ4n) is 1.83. The SMILES string of the molecule is Fc1ccc2c(c1)-c1nc(I)cn1CCO2. The van der Waals surface area contributed by atoms with Gasteiger partial charge >= 0.3 is 0 Å². The molecule has 2 aromatic rings. The van der Waals surface area contributed by atoms with Crippen LogP contribution >= 0.6 is 22.6 Å². The zero-order valence-corrected chi connectivity index (χ0v) is 10.4. The van der Waals surface area contributed by atoms with E-state index in [1.807, 2.05) is 10.8 Å². The smallest absolute Gasteiger partial charge is 0.145 e. The number of halogens is 2. The summed E-state index contributed by atoms with van der Waals surface area (Å²) in [5.74, 6) is 1.20. The number of nitrogens with zero attached hydrogens (tertiary/aromatic N) is 2. The lowest BCUT2D eigenvalue weighted by atomic mass is 10.2. The van der Waals surface area contributed by atoms with Gasteiger partial charge in [-0.05, 0) is 40.8 Å². The van der Waals surface area contributed by atoms with Crippen molar-refractivity contribution in [2.24, 2.45) is 0 Å². The van der Waals surface area contributed by atoms with Crippen LogP contribution in [-0.4, -0.2) is 16.2 Å². The molecule has 1 aliphatic heterocycles. The number of rotatable bonds is 0. The fraction of sp³-hybridized carbons (Fsp3) is 0.182. The third kappa shape index (κ3) is 1.59. The monoisotopic (exact) mass is 330 g/mol. The molecule has 0 saturated heterocycles. The van der Waals surface area contributed by atoms with Crippen molar-refractivity contribution in [2.45, 2.75) is 6.54 Å². The van der Waals surface area contributed by atoms with Crippen LogP contribution in [0.25, 0.3) is 11.4 Å². The number of benzene rings is 1. The lowest BCUT2D eigenvalue weighted by Crippen LogP contribution is -2.04. The van der Waals surface area contributed by atoms with Gasteiger partial charge in [-0.3, -0.25) is 0 Å². The maximum Gasteiger partial charge on any atom is 0.145 e. The summed E-state index contributed by atoms with van der Waals surface area (Å²) < 4.78 is 21.7. The Morgan fingerprint density at radius 1 is 1.44 bits per heavy atom. The van der Waals surface area contributed by atoms with Crippen LogP contribution in [0.3, 0.4) is 0 Å². The van der Waals surface area contributed by atoms with Gasteiger partial charge in [0.05, 0.1) is 12.1 Å². The van der Waals surface area contributed by atoms with Gasteiger partial charge < -0.3 is 9.30 Å². The van der Waals surface area contributed by atoms with Crippen molar-refractivity contribution >= 4 is 22.6 Å². The van der Waals surface area contributed by atoms with Crippen LogP contribution in [0.4, 0.5) is 4.39 Å². The standard InChI is InChI=1S/C11H8FIN2O/c12-7-1-2-9-8(5-7)11-14-10(13)6-15(11)3-4-16-9/h1-2,5-6H,3-4H2. The van der Waals surface area contributed by atoms with Crippen LogP contribution in [0.1, 0.15) is 0 Å². The predicted octanol–water partition coefficient (Wildman–Crippen LogP) is 2.69. The molecule has 0 saturated carbocycles. The Bertz CT molecular complexity index is 553. The van der Waals surface area contributed by atoms with Crippen LogP contribution in [0, 0.1) is 9.52 Å². The molecule has 2 heterocycles. The lowest BCUT2D eigenvalue weighted by Gasteiger charge is -2.05. The van der Waals surface area contributed by atoms with E-state index in [0.717, 1.165) is 21.6 Å². The maximum atomic E-state index is 13.2. The van der Waals surface area contributed by atoms with E-state index < -0.39 is 0 Å². The maximum absolute atomic E-state index is 13.2. The van der Waals surface area contributed by atoms with Crippen molar-refractivity contribution in [3.05, 3.63) is 33.9 Å². The van der Waals surface area contributed by atoms with E-state index >= 15 is 0 Å². The molecule has 1 aromatic heterocycles. The molecular formula is C11H8FIN2O. The van der Waals surface area contributed by atoms with Gasteiger partial charge in [0.1, 0.15) is 27.7 Å². The van der Waals surface area contributed by atoms with Gasteiger partial charge in [0.2, 0.25) is 0 Å². The van der Waals surface area contributed by atoms with Gasteiger partial charge in [-0.15, -0.1) is 0 Å². The van der Waals surface area contributed by atoms with Crippen LogP contribution in [0.5, 0.6) is 5.75 Å². The summed E-state index contributed by atoms with van der Waals surface area (Å²) in [6.07, 6.45) is 1.94. The van der Waals surface area contributed by atoms with Crippen LogP contribution in [0.2, 0.25) is 0 Å². The third-order valence-electron chi connectivity index (χ3n) is 2.52. The van der Waals surface area contributed by atoms with E-state index in [2.05, 4.69) is 27.6 Å². The molecule has 0 unspecified atom stereocenters. The van der Waals surface area contributed by atoms with E-state index in [1.165, 1.54) is 12.1 Å². The second-order valence-electron chi connectivity index (χ2n) is 3.57. The minimum atomic E-state index is -0.270. The van der Waals surface area contributed by atoms with Gasteiger partial charge in [-0.25, -0.2) is 9.37 Å². The van der Waals surface area contributed by atoms with Crippen molar-refractivity contribution in [2.75, 3.05) is 6.61 Å². The Kier molecular flexibility index (Phi) is 2.34. The summed E-state index contributed by atoms with van der Waals surface area (Å²) in [5.41, 5.74) is 0.723. The Morgan fingerprint density at radius 2 is 2.31 bits per heavy atom. The van der Waals surface area contributed by atoms with Gasteiger partial charge in [0.15, 0.2) is 0 Å². The van der Waals surface area contributed by atoms with E-state index in [9.17, 15) is 4.39 Å². The van der Waals surface area contributed by atoms with E-state index in [4.69, 9.17) is 4.74 Å². The lowest BCUT2D eigenvalue weighted by molar-refractivity contribution is 0.306. The first-order valence-corrected chi connectivity index (χ1v) is 5.97. The number of aromatic nitrogens is 2. The molecule has 0 radical (unpaired) electrons. The molecule has 0 aliphatic carbocycles. The number of imidazole rings is 1. The first kappa shape index (κ1) is 10.1. The zero-order valence-electron chi connectivity index (χ0n) is 8.28. The van der Waals surface area contributed by atoms with Crippen LogP contribution in [-0.2, 0) is 6.54 Å². The molecule has 0 amide bonds. The number of hydrogen-bond acceptors (Lipinski definition) is 2. The zero-order chi connectivity index (χ0) is 11.1. The third-order valence-corrected chi connectivity index (χ3v) is 3.04. The molecule has 3 rings (SSSR count). The molecule has 0 spiro atoms. The summed E-state index contributed by atoms with van der Waals surface area (Å²) in [7, 11) is 0. The second-order valence-corrected chi connectivity index (χ2v) is 4.67. The molecule has 1 aliphatic rings. The van der Waals surface area contributed by atoms with Crippen molar-refractivity contribution in [3.8, 4) is 17.1 Å². The predicted molar refractivity (Wildman–Crippen MR) is 65.8 cm³/mol. The largest absolute Gasteiger partial charge is 0.491 e. The fourth-order valence-corrected chi connectivity index (χ4v) is 2.39. The molecule has 0 N–H and O–H groups in total. The highest BCUT2D eigenvalue weighted by molar-refractivity contribution is 14.1. The minimum absolute atomic E-state index is 0.270. The highest BCUT2D eigenvalue weighted by Gasteiger charge is 2.18. The normalized spacial score (nSPS) is 13.6. The molecule has 3 nitrogen and oxygen atoms in total. The van der Waals surface area contributed by atoms with Gasteiger partial charge in [0, 0.05) is 6.20 Å². The number of ether oxygens (including phenoxy) is 1. The Labute approximate surface area is 105 Å². The van der Waals surface area contributed by atoms with Crippen LogP contribution < -0.4 is 4.74 Å². The average Bonchev–Trinajstić information content (AvgIpc) is 2.54. The summed E-state index contributed by atoms with van der Waals surface area (Å²) in [6, 6.07) is 4.53. The van der Waals surface area contributed by atoms with Crippen LogP contribution in [0.15, 0.2) is 24.4 Å². The van der Waals surface area contributed by atoms with E-state index in [-0.39, 0.29) is 5.82 Å². The topological polar surface area (TPSA) is 27.1 Å². The highest BCUT2D eigenvalue weighted by Crippen LogP contribution is 2.32. The minimum Gasteiger partial charge on any atom is -0.491 e. The molecule has 0 atom stereocenters. The number of hydrogen-bond donors (Lipinski definition) is 0. The summed E-state index contributed by atoms with van der Waals surface area (Å²) in [6.45, 7) is 1.32. The summed E-state index contributed by atoms with van der Waals surface area (Å²) in [4.78, 5) is 4.40. The van der Waals surface area contributed by atoms with Crippen molar-refractivity contribution in [1.29, 1.82) is 0 Å². The molecule has 5 heteroatoms. The quantitative estimate of drug-likeness (QED) is 0.695. The van der Waals surface area contributed by atoms with Gasteiger partial charge in [0.25, 0.3) is 0 Å². The Morgan fingerprint density at radius 3 is 3.19 bits per heavy atom. The van der Waals surface area contributed by atoms with Gasteiger partial charge in [-0.1, -0.05) is 0 Å². The van der Waals surface area contributed by atoms with Crippen molar-refractivity contribution in [1.82, 2.24) is 9.55 Å². The molecule has 1 aromatic carbocycles. The van der Waals surface area contributed by atoms with E-state index in [1.54, 1.807) is 6.07 Å². The summed E-state index contributed by atoms with van der Waals surface area (Å²) >= 11 is 2.15. The van der Waals surface area contributed by atoms with E-state index in [0.29, 0.717) is 12.4 Å². The Balaban J connectivity index is 2.27. The molecular weight excluding hydrogens is 322 g/mol. The molecule has 0 fully saturated rings. The van der Waals surface area contributed by atoms with Crippen molar-refractivity contribution < 1.29 is 9.13 Å². The Hall–Kier alpha value is -1.11. The highest BCUT2D eigenvalue weighted by atomic mass is 127. The van der Waals surface area contributed by atoms with Gasteiger partial charge in [-0.2, -0.15) is 0 Å². The first-order valence-electron chi connectivity index (χ1n) is 4.89. The molecule has 82 valence electrons. The number of fused-ring (bicyclic) bond motifs is 3.